The molecule has 0 bridgehead atoms. The summed E-state index contributed by atoms with van der Waals surface area (Å²) in [6.07, 6.45) is -4.21. The summed E-state index contributed by atoms with van der Waals surface area (Å²) >= 11 is 0. The first-order valence-corrected chi connectivity index (χ1v) is 7.94. The summed E-state index contributed by atoms with van der Waals surface area (Å²) in [4.78, 5) is 57.1. The van der Waals surface area contributed by atoms with E-state index >= 15 is 0 Å². The molecule has 0 aromatic carbocycles. The number of ether oxygens (including phenoxy) is 6. The molecule has 0 aliphatic carbocycles. The molecule has 27 heavy (non-hydrogen) atoms. The third kappa shape index (κ3) is 6.20. The maximum absolute atomic E-state index is 11.7. The van der Waals surface area contributed by atoms with Crippen LogP contribution in [-0.4, -0.2) is 67.2 Å². The highest BCUT2D eigenvalue weighted by Gasteiger charge is 2.64. The highest BCUT2D eigenvalue weighted by molar-refractivity contribution is 5.69. The van der Waals surface area contributed by atoms with Crippen LogP contribution in [0.15, 0.2) is 0 Å². The van der Waals surface area contributed by atoms with Crippen molar-refractivity contribution < 1.29 is 52.4 Å². The van der Waals surface area contributed by atoms with Crippen molar-refractivity contribution in [1.82, 2.24) is 0 Å². The maximum atomic E-state index is 11.7. The molecule has 152 valence electrons. The third-order valence-corrected chi connectivity index (χ3v) is 3.42. The highest BCUT2D eigenvalue weighted by Crippen LogP contribution is 2.38. The Morgan fingerprint density at radius 1 is 0.778 bits per heavy atom. The van der Waals surface area contributed by atoms with Crippen LogP contribution < -0.4 is 0 Å². The Balaban J connectivity index is 3.38. The largest absolute Gasteiger partial charge is 0.463 e. The Morgan fingerprint density at radius 2 is 1.33 bits per heavy atom. The van der Waals surface area contributed by atoms with Gasteiger partial charge in [0.05, 0.1) is 0 Å². The zero-order valence-electron chi connectivity index (χ0n) is 15.6. The van der Waals surface area contributed by atoms with Gasteiger partial charge in [-0.15, -0.1) is 0 Å². The molecule has 1 aliphatic heterocycles. The fourth-order valence-electron chi connectivity index (χ4n) is 2.53. The Kier molecular flexibility index (Phi) is 7.70. The molecule has 1 rings (SSSR count). The minimum Gasteiger partial charge on any atom is -0.463 e. The van der Waals surface area contributed by atoms with Crippen molar-refractivity contribution in [3.63, 3.8) is 0 Å². The fourth-order valence-corrected chi connectivity index (χ4v) is 2.53. The van der Waals surface area contributed by atoms with Gasteiger partial charge < -0.3 is 28.4 Å². The molecule has 4 atom stereocenters. The summed E-state index contributed by atoms with van der Waals surface area (Å²) in [5.74, 6) is -3.77. The number of rotatable bonds is 7. The number of carbonyl (C=O) groups excluding carboxylic acids is 5. The average molecular weight is 390 g/mol. The van der Waals surface area contributed by atoms with Crippen molar-refractivity contribution in [3.8, 4) is 0 Å². The SMILES string of the molecule is CC(=O)OC[C@H]1OC(OC(C)=O)C(OC(C)=O)[C@@]1(COC(C)=O)OC(C)=O. The molecule has 11 heteroatoms. The molecule has 1 saturated heterocycles. The van der Waals surface area contributed by atoms with Crippen LogP contribution in [0.2, 0.25) is 0 Å². The smallest absolute Gasteiger partial charge is 0.305 e. The maximum Gasteiger partial charge on any atom is 0.305 e. The lowest BCUT2D eigenvalue weighted by Crippen LogP contribution is -2.58. The predicted molar refractivity (Wildman–Crippen MR) is 83.7 cm³/mol. The molecular weight excluding hydrogens is 368 g/mol. The lowest BCUT2D eigenvalue weighted by molar-refractivity contribution is -0.205. The van der Waals surface area contributed by atoms with Gasteiger partial charge in [0.2, 0.25) is 18.0 Å². The number of hydrogen-bond acceptors (Lipinski definition) is 11. The third-order valence-electron chi connectivity index (χ3n) is 3.42. The van der Waals surface area contributed by atoms with Crippen LogP contribution in [0.4, 0.5) is 0 Å². The van der Waals surface area contributed by atoms with Crippen molar-refractivity contribution in [2.45, 2.75) is 58.7 Å². The first-order chi connectivity index (χ1) is 12.5. The van der Waals surface area contributed by atoms with E-state index in [-0.39, 0.29) is 0 Å². The normalized spacial score (nSPS) is 26.6. The average Bonchev–Trinajstić information content (AvgIpc) is 2.75. The standard InChI is InChI=1S/C16H22O11/c1-8(17)22-6-13-16(27-12(5)21,7-23-9(2)18)14(24-10(3)19)15(26-13)25-11(4)20/h13-15H,6-7H2,1-5H3/t13-,14?,15?,16+/m1/s1. The topological polar surface area (TPSA) is 141 Å². The first-order valence-electron chi connectivity index (χ1n) is 7.94. The molecule has 0 amide bonds. The molecule has 11 nitrogen and oxygen atoms in total. The second-order valence-corrected chi connectivity index (χ2v) is 5.76. The Bertz CT molecular complexity index is 613. The molecule has 0 aromatic rings. The predicted octanol–water partition coefficient (Wildman–Crippen LogP) is -0.366. The van der Waals surface area contributed by atoms with Gasteiger partial charge in [-0.1, -0.05) is 0 Å². The van der Waals surface area contributed by atoms with Crippen molar-refractivity contribution >= 4 is 29.8 Å². The van der Waals surface area contributed by atoms with Crippen molar-refractivity contribution in [3.05, 3.63) is 0 Å². The summed E-state index contributed by atoms with van der Waals surface area (Å²) in [6.45, 7) is 4.46. The number of esters is 5. The molecule has 0 saturated carbocycles. The number of carbonyl (C=O) groups is 5. The van der Waals surface area contributed by atoms with Crippen LogP contribution >= 0.6 is 0 Å². The monoisotopic (exact) mass is 390 g/mol. The Hall–Kier alpha value is -2.69. The van der Waals surface area contributed by atoms with Crippen LogP contribution in [0.3, 0.4) is 0 Å². The molecule has 1 fully saturated rings. The van der Waals surface area contributed by atoms with E-state index in [2.05, 4.69) is 0 Å². The highest BCUT2D eigenvalue weighted by atomic mass is 16.8. The van der Waals surface area contributed by atoms with Crippen LogP contribution in [0.5, 0.6) is 0 Å². The molecular formula is C16H22O11. The summed E-state index contributed by atoms with van der Waals surface area (Å²) in [6, 6.07) is 0. The summed E-state index contributed by atoms with van der Waals surface area (Å²) in [5.41, 5.74) is -1.90. The van der Waals surface area contributed by atoms with E-state index in [0.717, 1.165) is 34.6 Å². The Labute approximate surface area is 155 Å². The van der Waals surface area contributed by atoms with Crippen molar-refractivity contribution in [1.29, 1.82) is 0 Å². The molecule has 1 aliphatic rings. The lowest BCUT2D eigenvalue weighted by Gasteiger charge is -2.35. The molecule has 2 unspecified atom stereocenters. The van der Waals surface area contributed by atoms with E-state index in [9.17, 15) is 24.0 Å². The van der Waals surface area contributed by atoms with E-state index in [1.54, 1.807) is 0 Å². The van der Waals surface area contributed by atoms with Crippen LogP contribution in [-0.2, 0) is 52.4 Å². The number of hydrogen-bond donors (Lipinski definition) is 0. The van der Waals surface area contributed by atoms with Gasteiger partial charge in [-0.05, 0) is 0 Å². The summed E-state index contributed by atoms with van der Waals surface area (Å²) in [7, 11) is 0. The molecule has 0 radical (unpaired) electrons. The van der Waals surface area contributed by atoms with E-state index < -0.39 is 67.2 Å². The minimum absolute atomic E-state index is 0.445. The quantitative estimate of drug-likeness (QED) is 0.415. The lowest BCUT2D eigenvalue weighted by atomic mass is 9.92. The van der Waals surface area contributed by atoms with Crippen LogP contribution in [0.25, 0.3) is 0 Å². The molecule has 0 spiro atoms. The Morgan fingerprint density at radius 3 is 1.78 bits per heavy atom. The van der Waals surface area contributed by atoms with Gasteiger partial charge in [-0.25, -0.2) is 0 Å². The van der Waals surface area contributed by atoms with Gasteiger partial charge in [-0.3, -0.25) is 24.0 Å². The van der Waals surface area contributed by atoms with Gasteiger partial charge >= 0.3 is 29.8 Å². The van der Waals surface area contributed by atoms with Crippen LogP contribution in [0.1, 0.15) is 34.6 Å². The molecule has 1 heterocycles. The van der Waals surface area contributed by atoms with Gasteiger partial charge in [0.25, 0.3) is 0 Å². The second kappa shape index (κ2) is 9.31. The van der Waals surface area contributed by atoms with E-state index in [1.807, 2.05) is 0 Å². The fraction of sp³-hybridized carbons (Fsp3) is 0.688. The zero-order valence-corrected chi connectivity index (χ0v) is 15.6. The van der Waals surface area contributed by atoms with Crippen molar-refractivity contribution in [2.75, 3.05) is 13.2 Å². The van der Waals surface area contributed by atoms with Gasteiger partial charge in [0, 0.05) is 34.6 Å². The molecule has 0 N–H and O–H groups in total. The molecule has 0 aromatic heterocycles. The van der Waals surface area contributed by atoms with Gasteiger partial charge in [0.15, 0.2) is 0 Å². The minimum atomic E-state index is -1.90. The van der Waals surface area contributed by atoms with Crippen molar-refractivity contribution in [2.24, 2.45) is 0 Å². The van der Waals surface area contributed by atoms with E-state index in [0.29, 0.717) is 0 Å². The van der Waals surface area contributed by atoms with Crippen LogP contribution in [0, 0.1) is 0 Å². The second-order valence-electron chi connectivity index (χ2n) is 5.76. The zero-order chi connectivity index (χ0) is 20.8. The van der Waals surface area contributed by atoms with Gasteiger partial charge in [-0.2, -0.15) is 0 Å². The first kappa shape index (κ1) is 22.4. The summed E-state index contributed by atoms with van der Waals surface area (Å²) < 4.78 is 30.9. The summed E-state index contributed by atoms with van der Waals surface area (Å²) in [5, 5.41) is 0. The van der Waals surface area contributed by atoms with E-state index in [1.165, 1.54) is 0 Å². The van der Waals surface area contributed by atoms with Gasteiger partial charge in [0.1, 0.15) is 19.3 Å². The van der Waals surface area contributed by atoms with E-state index in [4.69, 9.17) is 28.4 Å².